The molecule has 2 aromatic heterocycles. The van der Waals surface area contributed by atoms with Crippen LogP contribution < -0.4 is 14.4 Å². The average Bonchev–Trinajstić information content (AvgIpc) is 3.24. The number of esters is 1. The quantitative estimate of drug-likeness (QED) is 0.246. The SMILES string of the molecule is CCc1cc(-c2ccccc2)cc(CC)[n+]1CC(=O)Oc1ccc2nc(S(N)(=O)=O)sc2c1. The van der Waals surface area contributed by atoms with Crippen LogP contribution in [0.4, 0.5) is 0 Å². The van der Waals surface area contributed by atoms with E-state index in [1.807, 2.05) is 22.8 Å². The van der Waals surface area contributed by atoms with Gasteiger partial charge in [-0.15, -0.1) is 11.3 Å². The van der Waals surface area contributed by atoms with Crippen molar-refractivity contribution >= 4 is 37.5 Å². The lowest BCUT2D eigenvalue weighted by atomic mass is 10.0. The summed E-state index contributed by atoms with van der Waals surface area (Å²) in [6.07, 6.45) is 1.54. The molecule has 0 bridgehead atoms. The zero-order valence-electron chi connectivity index (χ0n) is 18.3. The average molecular weight is 483 g/mol. The fourth-order valence-electron chi connectivity index (χ4n) is 3.69. The van der Waals surface area contributed by atoms with Crippen molar-refractivity contribution in [2.75, 3.05) is 0 Å². The second-order valence-electron chi connectivity index (χ2n) is 7.51. The maximum Gasteiger partial charge on any atom is 0.378 e. The Bertz CT molecular complexity index is 1410. The number of aromatic nitrogens is 2. The molecule has 0 saturated carbocycles. The molecule has 33 heavy (non-hydrogen) atoms. The molecule has 0 aliphatic rings. The lowest BCUT2D eigenvalue weighted by Crippen LogP contribution is -2.46. The van der Waals surface area contributed by atoms with E-state index in [0.717, 1.165) is 46.7 Å². The van der Waals surface area contributed by atoms with Crippen LogP contribution in [0.5, 0.6) is 5.75 Å². The topological polar surface area (TPSA) is 103 Å². The molecule has 2 N–H and O–H groups in total. The molecule has 0 saturated heterocycles. The highest BCUT2D eigenvalue weighted by Gasteiger charge is 2.22. The lowest BCUT2D eigenvalue weighted by Gasteiger charge is -2.10. The summed E-state index contributed by atoms with van der Waals surface area (Å²) in [6, 6.07) is 19.2. The first-order chi connectivity index (χ1) is 15.8. The molecular formula is C24H24N3O4S2+. The summed E-state index contributed by atoms with van der Waals surface area (Å²) in [5.74, 6) is -0.0814. The maximum atomic E-state index is 12.8. The van der Waals surface area contributed by atoms with Crippen molar-refractivity contribution in [3.8, 4) is 16.9 Å². The molecule has 0 amide bonds. The Morgan fingerprint density at radius 1 is 1.00 bits per heavy atom. The fourth-order valence-corrected chi connectivity index (χ4v) is 5.37. The van der Waals surface area contributed by atoms with Crippen LogP contribution in [0, 0.1) is 0 Å². The molecule has 9 heteroatoms. The van der Waals surface area contributed by atoms with E-state index in [2.05, 4.69) is 43.1 Å². The van der Waals surface area contributed by atoms with Gasteiger partial charge in [0.15, 0.2) is 11.4 Å². The van der Waals surface area contributed by atoms with Crippen molar-refractivity contribution < 1.29 is 22.5 Å². The number of carbonyl (C=O) groups is 1. The Morgan fingerprint density at radius 2 is 1.67 bits per heavy atom. The molecule has 0 fully saturated rings. The molecule has 7 nitrogen and oxygen atoms in total. The Morgan fingerprint density at radius 3 is 2.27 bits per heavy atom. The van der Waals surface area contributed by atoms with Crippen LogP contribution in [0.1, 0.15) is 25.2 Å². The van der Waals surface area contributed by atoms with Crippen LogP contribution in [0.3, 0.4) is 0 Å². The number of hydrogen-bond donors (Lipinski definition) is 1. The maximum absolute atomic E-state index is 12.8. The van der Waals surface area contributed by atoms with Crippen molar-refractivity contribution in [1.29, 1.82) is 0 Å². The minimum atomic E-state index is -3.88. The summed E-state index contributed by atoms with van der Waals surface area (Å²) >= 11 is 0.941. The van der Waals surface area contributed by atoms with Gasteiger partial charge in [0.2, 0.25) is 10.9 Å². The number of benzene rings is 2. The molecule has 2 aromatic carbocycles. The number of primary sulfonamides is 1. The highest BCUT2D eigenvalue weighted by atomic mass is 32.2. The molecule has 4 rings (SSSR count). The van der Waals surface area contributed by atoms with E-state index in [1.165, 1.54) is 0 Å². The van der Waals surface area contributed by atoms with Gasteiger partial charge in [0.05, 0.1) is 10.2 Å². The van der Waals surface area contributed by atoms with Crippen LogP contribution in [-0.2, 0) is 34.2 Å². The molecule has 0 aliphatic heterocycles. The lowest BCUT2D eigenvalue weighted by molar-refractivity contribution is -0.699. The van der Waals surface area contributed by atoms with Gasteiger partial charge in [0.25, 0.3) is 10.0 Å². The first-order valence-electron chi connectivity index (χ1n) is 10.5. The van der Waals surface area contributed by atoms with Crippen molar-refractivity contribution in [3.63, 3.8) is 0 Å². The Kier molecular flexibility index (Phi) is 6.55. The Hall–Kier alpha value is -3.14. The number of ether oxygens (including phenoxy) is 1. The highest BCUT2D eigenvalue weighted by Crippen LogP contribution is 2.28. The van der Waals surface area contributed by atoms with Gasteiger partial charge in [-0.3, -0.25) is 0 Å². The minimum Gasteiger partial charge on any atom is -0.422 e. The number of carbonyl (C=O) groups excluding carboxylic acids is 1. The molecule has 0 radical (unpaired) electrons. The zero-order valence-corrected chi connectivity index (χ0v) is 19.9. The number of aryl methyl sites for hydroxylation is 2. The molecule has 170 valence electrons. The monoisotopic (exact) mass is 482 g/mol. The first-order valence-corrected chi connectivity index (χ1v) is 12.9. The third-order valence-electron chi connectivity index (χ3n) is 5.27. The number of thiazole rings is 1. The van der Waals surface area contributed by atoms with E-state index in [0.29, 0.717) is 16.0 Å². The van der Waals surface area contributed by atoms with Crippen molar-refractivity contribution in [2.24, 2.45) is 5.14 Å². The van der Waals surface area contributed by atoms with Crippen molar-refractivity contribution in [3.05, 3.63) is 72.1 Å². The standard InChI is InChI=1S/C24H24N3O4S2/c1-3-18-12-17(16-8-6-5-7-9-16)13-19(4-2)27(18)15-23(28)31-20-10-11-21-22(14-20)32-24(26-21)33(25,29)30/h5-14H,3-4,15H2,1-2H3,(H2,25,29,30)/q+1. The van der Waals surface area contributed by atoms with Gasteiger partial charge in [-0.05, 0) is 23.3 Å². The summed E-state index contributed by atoms with van der Waals surface area (Å²) in [5.41, 5.74) is 4.82. The van der Waals surface area contributed by atoms with Crippen molar-refractivity contribution in [2.45, 2.75) is 37.6 Å². The number of nitrogens with two attached hydrogens (primary N) is 1. The summed E-state index contributed by atoms with van der Waals surface area (Å²) in [4.78, 5) is 16.8. The highest BCUT2D eigenvalue weighted by molar-refractivity contribution is 7.91. The Balaban J connectivity index is 1.59. The van der Waals surface area contributed by atoms with Gasteiger partial charge in [-0.25, -0.2) is 23.3 Å². The van der Waals surface area contributed by atoms with Crippen LogP contribution in [0.2, 0.25) is 0 Å². The van der Waals surface area contributed by atoms with E-state index in [4.69, 9.17) is 9.88 Å². The molecule has 0 unspecified atom stereocenters. The molecule has 4 aromatic rings. The van der Waals surface area contributed by atoms with Gasteiger partial charge in [-0.1, -0.05) is 44.2 Å². The predicted octanol–water partition coefficient (Wildman–Crippen LogP) is 3.63. The summed E-state index contributed by atoms with van der Waals surface area (Å²) in [7, 11) is -3.88. The minimum absolute atomic E-state index is 0.0740. The second kappa shape index (κ2) is 9.38. The molecular weight excluding hydrogens is 458 g/mol. The Labute approximate surface area is 196 Å². The number of hydrogen-bond acceptors (Lipinski definition) is 6. The smallest absolute Gasteiger partial charge is 0.378 e. The van der Waals surface area contributed by atoms with Gasteiger partial charge >= 0.3 is 5.97 Å². The van der Waals surface area contributed by atoms with E-state index >= 15 is 0 Å². The van der Waals surface area contributed by atoms with Crippen LogP contribution in [0.25, 0.3) is 21.3 Å². The molecule has 0 aliphatic carbocycles. The number of sulfonamides is 1. The summed E-state index contributed by atoms with van der Waals surface area (Å²) in [5, 5.41) is 5.16. The van der Waals surface area contributed by atoms with E-state index < -0.39 is 16.0 Å². The molecule has 0 spiro atoms. The van der Waals surface area contributed by atoms with Crippen molar-refractivity contribution in [1.82, 2.24) is 4.98 Å². The van der Waals surface area contributed by atoms with Gasteiger partial charge in [-0.2, -0.15) is 4.57 Å². The third-order valence-corrected chi connectivity index (χ3v) is 7.61. The molecule has 0 atom stereocenters. The first kappa shape index (κ1) is 23.0. The number of pyridine rings is 1. The molecule has 2 heterocycles. The number of rotatable bonds is 7. The number of nitrogens with zero attached hydrogens (tertiary/aromatic N) is 2. The fraction of sp³-hybridized carbons (Fsp3) is 0.208. The predicted molar refractivity (Wildman–Crippen MR) is 127 cm³/mol. The largest absolute Gasteiger partial charge is 0.422 e. The van der Waals surface area contributed by atoms with Gasteiger partial charge in [0, 0.05) is 31.0 Å². The van der Waals surface area contributed by atoms with Gasteiger partial charge in [0.1, 0.15) is 5.75 Å². The summed E-state index contributed by atoms with van der Waals surface area (Å²) < 4.78 is 31.1. The second-order valence-corrected chi connectivity index (χ2v) is 10.3. The van der Waals surface area contributed by atoms with Crippen LogP contribution in [0.15, 0.2) is 65.0 Å². The normalized spacial score (nSPS) is 11.6. The van der Waals surface area contributed by atoms with E-state index in [1.54, 1.807) is 18.2 Å². The van der Waals surface area contributed by atoms with Gasteiger partial charge < -0.3 is 4.74 Å². The number of fused-ring (bicyclic) bond motifs is 1. The van der Waals surface area contributed by atoms with E-state index in [-0.39, 0.29) is 10.9 Å². The zero-order chi connectivity index (χ0) is 23.6. The third kappa shape index (κ3) is 5.11. The van der Waals surface area contributed by atoms with E-state index in [9.17, 15) is 13.2 Å². The van der Waals surface area contributed by atoms with Crippen LogP contribution in [-0.4, -0.2) is 19.4 Å². The van der Waals surface area contributed by atoms with Crippen LogP contribution >= 0.6 is 11.3 Å². The summed E-state index contributed by atoms with van der Waals surface area (Å²) in [6.45, 7) is 4.20.